The predicted octanol–water partition coefficient (Wildman–Crippen LogP) is 7.14. The minimum Gasteiger partial charge on any atom is -0.397 e. The van der Waals surface area contributed by atoms with Crippen molar-refractivity contribution in [1.29, 1.82) is 0 Å². The van der Waals surface area contributed by atoms with Crippen LogP contribution in [0.4, 0.5) is 17.1 Å². The Morgan fingerprint density at radius 1 is 0.854 bits per heavy atom. The quantitative estimate of drug-likeness (QED) is 0.0845. The highest BCUT2D eigenvalue weighted by atomic mass is 16.7. The number of nitrogens with two attached hydrogens (primary N) is 1. The minimum absolute atomic E-state index is 0.0139. The maximum atomic E-state index is 12.8. The van der Waals surface area contributed by atoms with Crippen molar-refractivity contribution in [3.63, 3.8) is 0 Å². The molecular formula is C39H46N4O5. The fourth-order valence-electron chi connectivity index (χ4n) is 5.88. The van der Waals surface area contributed by atoms with Crippen molar-refractivity contribution in [2.75, 3.05) is 30.0 Å². The normalized spacial score (nSPS) is 18.3. The van der Waals surface area contributed by atoms with Crippen LogP contribution in [0, 0.1) is 0 Å². The summed E-state index contributed by atoms with van der Waals surface area (Å²) in [4.78, 5) is 27.4. The van der Waals surface area contributed by atoms with E-state index in [9.17, 15) is 14.7 Å². The van der Waals surface area contributed by atoms with Crippen molar-refractivity contribution in [2.24, 2.45) is 0 Å². The number of amides is 2. The van der Waals surface area contributed by atoms with Gasteiger partial charge in [-0.2, -0.15) is 0 Å². The first-order valence-electron chi connectivity index (χ1n) is 16.6. The smallest absolute Gasteiger partial charge is 0.224 e. The summed E-state index contributed by atoms with van der Waals surface area (Å²) in [7, 11) is 2.11. The number of ether oxygens (including phenoxy) is 2. The molecule has 1 heterocycles. The summed E-state index contributed by atoms with van der Waals surface area (Å²) in [6, 6.07) is 33.2. The van der Waals surface area contributed by atoms with Gasteiger partial charge in [-0.15, -0.1) is 0 Å². The van der Waals surface area contributed by atoms with Gasteiger partial charge in [-0.25, -0.2) is 0 Å². The topological polar surface area (TPSA) is 126 Å². The molecule has 2 amide bonds. The molecule has 0 bridgehead atoms. The largest absolute Gasteiger partial charge is 0.397 e. The van der Waals surface area contributed by atoms with Gasteiger partial charge in [-0.1, -0.05) is 78.9 Å². The van der Waals surface area contributed by atoms with E-state index < -0.39 is 6.29 Å². The molecule has 4 aromatic rings. The molecule has 0 spiro atoms. The highest BCUT2D eigenvalue weighted by molar-refractivity contribution is 5.94. The lowest BCUT2D eigenvalue weighted by Gasteiger charge is -2.39. The summed E-state index contributed by atoms with van der Waals surface area (Å²) >= 11 is 0. The zero-order chi connectivity index (χ0) is 33.9. The van der Waals surface area contributed by atoms with Crippen LogP contribution in [0.25, 0.3) is 0 Å². The molecule has 5 rings (SSSR count). The molecule has 48 heavy (non-hydrogen) atoms. The Morgan fingerprint density at radius 3 is 2.25 bits per heavy atom. The van der Waals surface area contributed by atoms with Gasteiger partial charge in [0.2, 0.25) is 11.8 Å². The number of aliphatic hydroxyl groups excluding tert-OH is 1. The highest BCUT2D eigenvalue weighted by Gasteiger charge is 2.33. The lowest BCUT2D eigenvalue weighted by Crippen LogP contribution is -2.38. The SMILES string of the molecule is C[C@@H](c1ccccc1)N(C)C[C@H]1C[C@@H](c2ccc(CO)cc2)O[C@@H](c2cccc(NC(=O)CCCCC(=O)Nc3ccccc3N)c2)O1. The number of unbranched alkanes of at least 4 members (excludes halogenated alkanes) is 1. The summed E-state index contributed by atoms with van der Waals surface area (Å²) in [5, 5.41) is 15.3. The molecule has 4 aromatic carbocycles. The number of para-hydroxylation sites is 2. The molecule has 0 aromatic heterocycles. The lowest BCUT2D eigenvalue weighted by atomic mass is 9.99. The summed E-state index contributed by atoms with van der Waals surface area (Å²) in [6.07, 6.45) is 1.46. The minimum atomic E-state index is -0.638. The Kier molecular flexibility index (Phi) is 12.3. The van der Waals surface area contributed by atoms with E-state index in [1.165, 1.54) is 5.56 Å². The number of hydrogen-bond donors (Lipinski definition) is 4. The first-order valence-corrected chi connectivity index (χ1v) is 16.6. The van der Waals surface area contributed by atoms with E-state index in [4.69, 9.17) is 15.2 Å². The second-order valence-electron chi connectivity index (χ2n) is 12.4. The molecule has 0 unspecified atom stereocenters. The molecule has 1 saturated heterocycles. The third-order valence-electron chi connectivity index (χ3n) is 8.78. The van der Waals surface area contributed by atoms with Crippen LogP contribution < -0.4 is 16.4 Å². The second kappa shape index (κ2) is 17.0. The van der Waals surface area contributed by atoms with Crippen molar-refractivity contribution in [2.45, 2.75) is 70.2 Å². The van der Waals surface area contributed by atoms with Crippen LogP contribution in [-0.4, -0.2) is 41.5 Å². The zero-order valence-corrected chi connectivity index (χ0v) is 27.7. The molecule has 0 radical (unpaired) electrons. The highest BCUT2D eigenvalue weighted by Crippen LogP contribution is 2.39. The number of carbonyl (C=O) groups excluding carboxylic acids is 2. The Bertz CT molecular complexity index is 1630. The van der Waals surface area contributed by atoms with Crippen molar-refractivity contribution in [3.8, 4) is 0 Å². The molecule has 1 aliphatic rings. The first-order chi connectivity index (χ1) is 23.3. The molecular weight excluding hydrogens is 604 g/mol. The first kappa shape index (κ1) is 34.8. The van der Waals surface area contributed by atoms with Gasteiger partial charge in [0.1, 0.15) is 0 Å². The van der Waals surface area contributed by atoms with E-state index in [2.05, 4.69) is 53.8 Å². The zero-order valence-electron chi connectivity index (χ0n) is 27.7. The average Bonchev–Trinajstić information content (AvgIpc) is 3.11. The molecule has 5 N–H and O–H groups in total. The fourth-order valence-corrected chi connectivity index (χ4v) is 5.88. The number of nitrogens with zero attached hydrogens (tertiary/aromatic N) is 1. The van der Waals surface area contributed by atoms with Crippen molar-refractivity contribution in [1.82, 2.24) is 4.90 Å². The number of nitrogens with one attached hydrogen (secondary N) is 2. The maximum Gasteiger partial charge on any atom is 0.224 e. The lowest BCUT2D eigenvalue weighted by molar-refractivity contribution is -0.253. The van der Waals surface area contributed by atoms with E-state index in [0.29, 0.717) is 55.7 Å². The van der Waals surface area contributed by atoms with Crippen LogP contribution in [0.1, 0.15) is 79.7 Å². The van der Waals surface area contributed by atoms with Gasteiger partial charge in [0.15, 0.2) is 6.29 Å². The van der Waals surface area contributed by atoms with Gasteiger partial charge in [0, 0.05) is 43.1 Å². The number of nitrogen functional groups attached to an aromatic ring is 1. The molecule has 1 aliphatic heterocycles. The number of hydrogen-bond acceptors (Lipinski definition) is 7. The van der Waals surface area contributed by atoms with E-state index in [1.54, 1.807) is 12.1 Å². The fraction of sp³-hybridized carbons (Fsp3) is 0.333. The van der Waals surface area contributed by atoms with E-state index in [0.717, 1.165) is 16.7 Å². The Balaban J connectivity index is 1.19. The summed E-state index contributed by atoms with van der Waals surface area (Å²) < 4.78 is 13.1. The predicted molar refractivity (Wildman–Crippen MR) is 189 cm³/mol. The van der Waals surface area contributed by atoms with Crippen LogP contribution in [0.2, 0.25) is 0 Å². The summed E-state index contributed by atoms with van der Waals surface area (Å²) in [6.45, 7) is 2.88. The average molecular weight is 651 g/mol. The van der Waals surface area contributed by atoms with E-state index >= 15 is 0 Å². The summed E-state index contributed by atoms with van der Waals surface area (Å²) in [5.41, 5.74) is 11.6. The number of anilines is 3. The Morgan fingerprint density at radius 2 is 1.54 bits per heavy atom. The number of likely N-dealkylation sites (N-methyl/N-ethyl adjacent to an activating group) is 1. The molecule has 252 valence electrons. The van der Waals surface area contributed by atoms with Gasteiger partial charge >= 0.3 is 0 Å². The Labute approximate surface area is 283 Å². The number of aliphatic hydroxyl groups is 1. The molecule has 0 aliphatic carbocycles. The number of carbonyl (C=O) groups is 2. The third-order valence-corrected chi connectivity index (χ3v) is 8.78. The molecule has 0 saturated carbocycles. The van der Waals surface area contributed by atoms with Crippen molar-refractivity contribution >= 4 is 28.9 Å². The second-order valence-corrected chi connectivity index (χ2v) is 12.4. The van der Waals surface area contributed by atoms with Gasteiger partial charge in [-0.05, 0) is 67.8 Å². The maximum absolute atomic E-state index is 12.8. The van der Waals surface area contributed by atoms with E-state index in [1.807, 2.05) is 66.7 Å². The summed E-state index contributed by atoms with van der Waals surface area (Å²) in [5.74, 6) is -0.253. The van der Waals surface area contributed by atoms with E-state index in [-0.39, 0.29) is 36.7 Å². The van der Waals surface area contributed by atoms with Crippen LogP contribution >= 0.6 is 0 Å². The van der Waals surface area contributed by atoms with Gasteiger partial charge in [0.05, 0.1) is 30.2 Å². The molecule has 9 nitrogen and oxygen atoms in total. The number of rotatable bonds is 14. The monoisotopic (exact) mass is 650 g/mol. The van der Waals surface area contributed by atoms with Crippen molar-refractivity contribution in [3.05, 3.63) is 125 Å². The Hall–Kier alpha value is -4.54. The molecule has 1 fully saturated rings. The molecule has 4 atom stereocenters. The number of benzene rings is 4. The van der Waals surface area contributed by atoms with Gasteiger partial charge in [-0.3, -0.25) is 14.5 Å². The third kappa shape index (κ3) is 9.74. The standard InChI is InChI=1S/C39H46N4O5/c1-27(29-11-4-3-5-12-29)43(2)25-33-24-36(30-21-19-28(26-44)20-22-30)48-39(47-33)31-13-10-14-32(23-31)41-37(45)17-8-9-18-38(46)42-35-16-7-6-15-34(35)40/h3-7,10-16,19-23,27,33,36,39,44H,8-9,17-18,24-26,40H2,1-2H3,(H,41,45)(H,42,46)/t27-,33+,36-,39-/m0/s1. The van der Waals surface area contributed by atoms with Crippen LogP contribution in [0.5, 0.6) is 0 Å². The van der Waals surface area contributed by atoms with Crippen LogP contribution in [0.3, 0.4) is 0 Å². The van der Waals surface area contributed by atoms with Crippen LogP contribution in [0.15, 0.2) is 103 Å². The van der Waals surface area contributed by atoms with Gasteiger partial charge < -0.3 is 30.9 Å². The van der Waals surface area contributed by atoms with Crippen molar-refractivity contribution < 1.29 is 24.2 Å². The van der Waals surface area contributed by atoms with Crippen LogP contribution in [-0.2, 0) is 25.7 Å². The van der Waals surface area contributed by atoms with Gasteiger partial charge in [0.25, 0.3) is 0 Å². The molecule has 9 heteroatoms.